The number of allylic oxidation sites excluding steroid dienone is 2. The highest BCUT2D eigenvalue weighted by atomic mass is 16.2. The van der Waals surface area contributed by atoms with Crippen LogP contribution < -0.4 is 5.32 Å². The molecule has 1 N–H and O–H groups in total. The number of nitrogens with one attached hydrogen (secondary N) is 1. The molecule has 2 bridgehead atoms. The lowest BCUT2D eigenvalue weighted by atomic mass is 9.85. The molecule has 3 fully saturated rings. The van der Waals surface area contributed by atoms with Crippen molar-refractivity contribution in [1.82, 2.24) is 15.1 Å². The van der Waals surface area contributed by atoms with Crippen LogP contribution in [0.2, 0.25) is 0 Å². The maximum Gasteiger partial charge on any atom is 0.233 e. The zero-order valence-electron chi connectivity index (χ0n) is 11.6. The summed E-state index contributed by atoms with van der Waals surface area (Å²) in [5.74, 6) is 0.747. The fourth-order valence-corrected chi connectivity index (χ4v) is 4.36. The van der Waals surface area contributed by atoms with Crippen molar-refractivity contribution >= 4 is 11.8 Å². The standard InChI is InChI=1S/C15H21N3O2/c19-14-12-10-1-2-11(9-10)13(12)15(20)18(14)8-7-17-5-3-16-4-6-17/h1-2,10-13,16H,3-9H2/t10-,11-,12-,13-/m0/s1. The Hall–Kier alpha value is -1.20. The summed E-state index contributed by atoms with van der Waals surface area (Å²) in [6.45, 7) is 5.42. The number of piperazine rings is 1. The molecule has 20 heavy (non-hydrogen) atoms. The van der Waals surface area contributed by atoms with E-state index < -0.39 is 0 Å². The van der Waals surface area contributed by atoms with E-state index in [0.717, 1.165) is 39.1 Å². The number of fused-ring (bicyclic) bond motifs is 5. The number of imide groups is 1. The van der Waals surface area contributed by atoms with E-state index in [-0.39, 0.29) is 23.7 Å². The van der Waals surface area contributed by atoms with Gasteiger partial charge in [0.2, 0.25) is 11.8 Å². The maximum absolute atomic E-state index is 12.5. The van der Waals surface area contributed by atoms with Gasteiger partial charge in [0.15, 0.2) is 0 Å². The molecule has 108 valence electrons. The van der Waals surface area contributed by atoms with E-state index in [1.807, 2.05) is 0 Å². The van der Waals surface area contributed by atoms with Crippen LogP contribution in [0.5, 0.6) is 0 Å². The highest BCUT2D eigenvalue weighted by Gasteiger charge is 2.58. The van der Waals surface area contributed by atoms with Gasteiger partial charge >= 0.3 is 0 Å². The summed E-state index contributed by atoms with van der Waals surface area (Å²) in [4.78, 5) is 28.9. The Morgan fingerprint density at radius 1 is 1.00 bits per heavy atom. The van der Waals surface area contributed by atoms with Gasteiger partial charge in [-0.05, 0) is 18.3 Å². The molecule has 4 aliphatic rings. The molecular formula is C15H21N3O2. The molecule has 2 aliphatic heterocycles. The number of carbonyl (C=O) groups excluding carboxylic acids is 2. The van der Waals surface area contributed by atoms with Gasteiger partial charge in [0.25, 0.3) is 0 Å². The Bertz CT molecular complexity index is 440. The third kappa shape index (κ3) is 1.76. The molecule has 2 amide bonds. The summed E-state index contributed by atoms with van der Waals surface area (Å²) in [5.41, 5.74) is 0. The van der Waals surface area contributed by atoms with Gasteiger partial charge in [-0.3, -0.25) is 19.4 Å². The lowest BCUT2D eigenvalue weighted by Gasteiger charge is -2.28. The number of likely N-dealkylation sites (tertiary alicyclic amines) is 1. The van der Waals surface area contributed by atoms with E-state index in [9.17, 15) is 9.59 Å². The van der Waals surface area contributed by atoms with Gasteiger partial charge in [0.1, 0.15) is 0 Å². The molecule has 0 aromatic rings. The van der Waals surface area contributed by atoms with Gasteiger partial charge in [-0.1, -0.05) is 12.2 Å². The monoisotopic (exact) mass is 275 g/mol. The molecule has 0 aromatic heterocycles. The van der Waals surface area contributed by atoms with Crippen LogP contribution in [0.15, 0.2) is 12.2 Å². The average molecular weight is 275 g/mol. The number of carbonyl (C=O) groups is 2. The van der Waals surface area contributed by atoms with E-state index in [4.69, 9.17) is 0 Å². The lowest BCUT2D eigenvalue weighted by molar-refractivity contribution is -0.140. The lowest BCUT2D eigenvalue weighted by Crippen LogP contribution is -2.47. The van der Waals surface area contributed by atoms with E-state index in [1.165, 1.54) is 0 Å². The highest BCUT2D eigenvalue weighted by molar-refractivity contribution is 6.06. The van der Waals surface area contributed by atoms with Crippen LogP contribution in [0.3, 0.4) is 0 Å². The smallest absolute Gasteiger partial charge is 0.233 e. The Morgan fingerprint density at radius 3 is 2.20 bits per heavy atom. The summed E-state index contributed by atoms with van der Waals surface area (Å²) in [7, 11) is 0. The van der Waals surface area contributed by atoms with Crippen molar-refractivity contribution in [1.29, 1.82) is 0 Å². The molecule has 0 radical (unpaired) electrons. The SMILES string of the molecule is O=C1[C@@H]2[C@@H](C(=O)N1CCN1CCNCC1)[C@H]1C=C[C@H]2C1. The minimum Gasteiger partial charge on any atom is -0.314 e. The van der Waals surface area contributed by atoms with Gasteiger partial charge in [-0.2, -0.15) is 0 Å². The second-order valence-electron chi connectivity index (χ2n) is 6.42. The van der Waals surface area contributed by atoms with E-state index in [0.29, 0.717) is 18.4 Å². The quantitative estimate of drug-likeness (QED) is 0.567. The second kappa shape index (κ2) is 4.67. The molecule has 4 atom stereocenters. The van der Waals surface area contributed by atoms with Crippen molar-refractivity contribution in [3.05, 3.63) is 12.2 Å². The molecule has 2 saturated heterocycles. The number of amides is 2. The minimum absolute atomic E-state index is 0.0412. The molecule has 0 unspecified atom stereocenters. The fourth-order valence-electron chi connectivity index (χ4n) is 4.36. The van der Waals surface area contributed by atoms with Crippen LogP contribution in [0.1, 0.15) is 6.42 Å². The number of rotatable bonds is 3. The minimum atomic E-state index is -0.0412. The predicted molar refractivity (Wildman–Crippen MR) is 73.7 cm³/mol. The van der Waals surface area contributed by atoms with Crippen LogP contribution in [-0.2, 0) is 9.59 Å². The Morgan fingerprint density at radius 2 is 1.60 bits per heavy atom. The van der Waals surface area contributed by atoms with Crippen molar-refractivity contribution in [3.63, 3.8) is 0 Å². The average Bonchev–Trinajstić information content (AvgIpc) is 3.13. The van der Waals surface area contributed by atoms with Crippen LogP contribution in [-0.4, -0.2) is 60.9 Å². The van der Waals surface area contributed by atoms with Gasteiger partial charge in [0.05, 0.1) is 11.8 Å². The third-order valence-electron chi connectivity index (χ3n) is 5.41. The van der Waals surface area contributed by atoms with E-state index in [2.05, 4.69) is 22.4 Å². The summed E-state index contributed by atoms with van der Waals surface area (Å²) >= 11 is 0. The molecule has 2 heterocycles. The topological polar surface area (TPSA) is 52.7 Å². The van der Waals surface area contributed by atoms with Crippen molar-refractivity contribution < 1.29 is 9.59 Å². The van der Waals surface area contributed by atoms with Gasteiger partial charge in [0, 0.05) is 39.3 Å². The second-order valence-corrected chi connectivity index (χ2v) is 6.42. The largest absolute Gasteiger partial charge is 0.314 e. The number of hydrogen-bond donors (Lipinski definition) is 1. The normalized spacial score (nSPS) is 39.9. The van der Waals surface area contributed by atoms with Crippen molar-refractivity contribution in [2.75, 3.05) is 39.3 Å². The Balaban J connectivity index is 1.42. The third-order valence-corrected chi connectivity index (χ3v) is 5.41. The van der Waals surface area contributed by atoms with Gasteiger partial charge < -0.3 is 5.32 Å². The van der Waals surface area contributed by atoms with Crippen LogP contribution in [0.4, 0.5) is 0 Å². The first-order chi connectivity index (χ1) is 9.75. The summed E-state index contributed by atoms with van der Waals surface area (Å²) in [6, 6.07) is 0. The Kier molecular flexibility index (Phi) is 2.93. The van der Waals surface area contributed by atoms with Crippen molar-refractivity contribution in [3.8, 4) is 0 Å². The number of hydrogen-bond acceptors (Lipinski definition) is 4. The zero-order valence-corrected chi connectivity index (χ0v) is 11.6. The summed E-state index contributed by atoms with van der Waals surface area (Å²) in [5, 5.41) is 3.32. The molecule has 0 spiro atoms. The fraction of sp³-hybridized carbons (Fsp3) is 0.733. The summed E-state index contributed by atoms with van der Waals surface area (Å²) < 4.78 is 0. The molecule has 0 aromatic carbocycles. The molecule has 5 nitrogen and oxygen atoms in total. The molecule has 2 aliphatic carbocycles. The molecular weight excluding hydrogens is 254 g/mol. The Labute approximate surface area is 119 Å². The highest BCUT2D eigenvalue weighted by Crippen LogP contribution is 2.52. The zero-order chi connectivity index (χ0) is 13.7. The first-order valence-electron chi connectivity index (χ1n) is 7.72. The summed E-state index contributed by atoms with van der Waals surface area (Å²) in [6.07, 6.45) is 5.31. The maximum atomic E-state index is 12.5. The van der Waals surface area contributed by atoms with Gasteiger partial charge in [-0.15, -0.1) is 0 Å². The van der Waals surface area contributed by atoms with E-state index >= 15 is 0 Å². The first kappa shape index (κ1) is 12.5. The van der Waals surface area contributed by atoms with E-state index in [1.54, 1.807) is 4.90 Å². The molecule has 4 rings (SSSR count). The molecule has 5 heteroatoms. The van der Waals surface area contributed by atoms with Crippen LogP contribution in [0, 0.1) is 23.7 Å². The predicted octanol–water partition coefficient (Wildman–Crippen LogP) is -0.301. The van der Waals surface area contributed by atoms with Crippen molar-refractivity contribution in [2.24, 2.45) is 23.7 Å². The number of nitrogens with zero attached hydrogens (tertiary/aromatic N) is 2. The first-order valence-corrected chi connectivity index (χ1v) is 7.72. The van der Waals surface area contributed by atoms with Crippen LogP contribution >= 0.6 is 0 Å². The van der Waals surface area contributed by atoms with Crippen molar-refractivity contribution in [2.45, 2.75) is 6.42 Å². The molecule has 1 saturated carbocycles. The van der Waals surface area contributed by atoms with Crippen LogP contribution in [0.25, 0.3) is 0 Å². The van der Waals surface area contributed by atoms with Gasteiger partial charge in [-0.25, -0.2) is 0 Å².